The Bertz CT molecular complexity index is 726. The maximum Gasteiger partial charge on any atom is 0.224 e. The molecule has 1 aromatic heterocycles. The van der Waals surface area contributed by atoms with Gasteiger partial charge in [-0.05, 0) is 76.7 Å². The van der Waals surface area contributed by atoms with Gasteiger partial charge in [-0.15, -0.1) is 0 Å². The molecule has 2 aromatic rings. The van der Waals surface area contributed by atoms with E-state index in [-0.39, 0.29) is 0 Å². The summed E-state index contributed by atoms with van der Waals surface area (Å²) in [6.07, 6.45) is 7.22. The lowest BCUT2D eigenvalue weighted by molar-refractivity contribution is 0.226. The van der Waals surface area contributed by atoms with Gasteiger partial charge in [0, 0.05) is 17.0 Å². The van der Waals surface area contributed by atoms with E-state index in [9.17, 15) is 0 Å². The van der Waals surface area contributed by atoms with Crippen molar-refractivity contribution < 1.29 is 0 Å². The number of anilines is 1. The molecule has 26 heavy (non-hydrogen) atoms. The lowest BCUT2D eigenvalue weighted by Crippen LogP contribution is -2.33. The van der Waals surface area contributed by atoms with Crippen LogP contribution in [0.3, 0.4) is 0 Å². The van der Waals surface area contributed by atoms with Gasteiger partial charge in [0.05, 0.1) is 5.69 Å². The lowest BCUT2D eigenvalue weighted by Gasteiger charge is -2.29. The molecule has 0 unspecified atom stereocenters. The summed E-state index contributed by atoms with van der Waals surface area (Å²) in [7, 11) is 2.21. The molecule has 1 saturated heterocycles. The fourth-order valence-corrected chi connectivity index (χ4v) is 4.82. The summed E-state index contributed by atoms with van der Waals surface area (Å²) in [4.78, 5) is 13.4. The maximum atomic E-state index is 4.91. The van der Waals surface area contributed by atoms with E-state index in [0.29, 0.717) is 0 Å². The molecule has 0 saturated carbocycles. The molecule has 5 heteroatoms. The van der Waals surface area contributed by atoms with Gasteiger partial charge in [-0.1, -0.05) is 30.0 Å². The van der Waals surface area contributed by atoms with Crippen LogP contribution in [0.2, 0.25) is 0 Å². The number of hydrogen-bond donors (Lipinski definition) is 1. The van der Waals surface area contributed by atoms with Crippen LogP contribution in [-0.2, 0) is 12.8 Å². The van der Waals surface area contributed by atoms with Gasteiger partial charge in [0.1, 0.15) is 5.03 Å². The van der Waals surface area contributed by atoms with Gasteiger partial charge < -0.3 is 10.2 Å². The van der Waals surface area contributed by atoms with E-state index in [4.69, 9.17) is 9.97 Å². The second-order valence-corrected chi connectivity index (χ2v) is 8.59. The maximum absolute atomic E-state index is 4.91. The highest BCUT2D eigenvalue weighted by Gasteiger charge is 2.20. The Morgan fingerprint density at radius 2 is 1.85 bits per heavy atom. The molecule has 0 bridgehead atoms. The Morgan fingerprint density at radius 3 is 2.65 bits per heavy atom. The average molecular weight is 369 g/mol. The first-order valence-electron chi connectivity index (χ1n) is 9.83. The minimum absolute atomic E-state index is 0.732. The molecule has 2 aliphatic rings. The first-order valence-corrected chi connectivity index (χ1v) is 10.6. The number of aromatic nitrogens is 2. The van der Waals surface area contributed by atoms with Crippen LogP contribution in [0, 0.1) is 5.92 Å². The van der Waals surface area contributed by atoms with Crippen molar-refractivity contribution in [3.63, 3.8) is 0 Å². The molecular formula is C21H28N4S. The van der Waals surface area contributed by atoms with E-state index >= 15 is 0 Å². The summed E-state index contributed by atoms with van der Waals surface area (Å²) in [5, 5.41) is 4.70. The zero-order valence-electron chi connectivity index (χ0n) is 15.6. The van der Waals surface area contributed by atoms with Crippen molar-refractivity contribution in [2.45, 2.75) is 48.4 Å². The van der Waals surface area contributed by atoms with E-state index < -0.39 is 0 Å². The summed E-state index contributed by atoms with van der Waals surface area (Å²) in [6, 6.07) is 10.6. The van der Waals surface area contributed by atoms with E-state index in [0.717, 1.165) is 36.3 Å². The van der Waals surface area contributed by atoms with Gasteiger partial charge >= 0.3 is 0 Å². The van der Waals surface area contributed by atoms with Crippen molar-refractivity contribution in [1.29, 1.82) is 0 Å². The SMILES string of the molecule is CN1CCC(CNc2nc3c(c(Sc4ccccc4)n2)CCCC3)CC1. The molecule has 0 spiro atoms. The second kappa shape index (κ2) is 8.40. The Balaban J connectivity index is 1.50. The normalized spacial score (nSPS) is 18.5. The number of benzene rings is 1. The smallest absolute Gasteiger partial charge is 0.224 e. The van der Waals surface area contributed by atoms with Crippen molar-refractivity contribution in [3.05, 3.63) is 41.6 Å². The number of rotatable bonds is 5. The number of nitrogens with zero attached hydrogens (tertiary/aromatic N) is 3. The van der Waals surface area contributed by atoms with E-state index in [1.165, 1.54) is 54.9 Å². The summed E-state index contributed by atoms with van der Waals surface area (Å²) in [6.45, 7) is 3.39. The van der Waals surface area contributed by atoms with E-state index in [2.05, 4.69) is 47.6 Å². The highest BCUT2D eigenvalue weighted by molar-refractivity contribution is 7.99. The molecule has 138 valence electrons. The van der Waals surface area contributed by atoms with Crippen molar-refractivity contribution in [2.75, 3.05) is 32.0 Å². The number of piperidine rings is 1. The monoisotopic (exact) mass is 368 g/mol. The van der Waals surface area contributed by atoms with Crippen LogP contribution in [0.5, 0.6) is 0 Å². The third-order valence-corrected chi connectivity index (χ3v) is 6.53. The minimum atomic E-state index is 0.732. The molecule has 1 aromatic carbocycles. The van der Waals surface area contributed by atoms with Crippen LogP contribution in [0.15, 0.2) is 40.3 Å². The molecule has 4 nitrogen and oxygen atoms in total. The lowest BCUT2D eigenvalue weighted by atomic mass is 9.97. The second-order valence-electron chi connectivity index (χ2n) is 7.53. The van der Waals surface area contributed by atoms with Crippen LogP contribution < -0.4 is 5.32 Å². The first-order chi connectivity index (χ1) is 12.8. The molecule has 1 aliphatic heterocycles. The Hall–Kier alpha value is -1.59. The van der Waals surface area contributed by atoms with E-state index in [1.54, 1.807) is 11.8 Å². The third kappa shape index (κ3) is 4.38. The summed E-state index contributed by atoms with van der Waals surface area (Å²) < 4.78 is 0. The van der Waals surface area contributed by atoms with Crippen LogP contribution >= 0.6 is 11.8 Å². The first kappa shape index (κ1) is 17.8. The number of likely N-dealkylation sites (tertiary alicyclic amines) is 1. The van der Waals surface area contributed by atoms with Gasteiger partial charge in [-0.3, -0.25) is 0 Å². The fourth-order valence-electron chi connectivity index (χ4n) is 3.83. The zero-order chi connectivity index (χ0) is 17.8. The third-order valence-electron chi connectivity index (χ3n) is 5.49. The predicted molar refractivity (Wildman–Crippen MR) is 108 cm³/mol. The predicted octanol–water partition coefficient (Wildman–Crippen LogP) is 4.26. The van der Waals surface area contributed by atoms with Gasteiger partial charge in [-0.2, -0.15) is 0 Å². The Labute approximate surface area is 160 Å². The molecule has 0 radical (unpaired) electrons. The van der Waals surface area contributed by atoms with Crippen molar-refractivity contribution in [2.24, 2.45) is 5.92 Å². The van der Waals surface area contributed by atoms with Crippen molar-refractivity contribution in [3.8, 4) is 0 Å². The number of hydrogen-bond acceptors (Lipinski definition) is 5. The quantitative estimate of drug-likeness (QED) is 0.799. The molecule has 1 N–H and O–H groups in total. The van der Waals surface area contributed by atoms with Gasteiger partial charge in [0.25, 0.3) is 0 Å². The molecule has 0 atom stereocenters. The zero-order valence-corrected chi connectivity index (χ0v) is 16.4. The number of nitrogens with one attached hydrogen (secondary N) is 1. The Morgan fingerprint density at radius 1 is 1.08 bits per heavy atom. The number of aryl methyl sites for hydroxylation is 1. The number of fused-ring (bicyclic) bond motifs is 1. The van der Waals surface area contributed by atoms with Crippen LogP contribution in [0.25, 0.3) is 0 Å². The van der Waals surface area contributed by atoms with Crippen LogP contribution in [0.1, 0.15) is 36.9 Å². The van der Waals surface area contributed by atoms with Crippen LogP contribution in [-0.4, -0.2) is 41.5 Å². The van der Waals surface area contributed by atoms with Crippen molar-refractivity contribution in [1.82, 2.24) is 14.9 Å². The average Bonchev–Trinajstić information content (AvgIpc) is 2.68. The largest absolute Gasteiger partial charge is 0.354 e. The van der Waals surface area contributed by atoms with Crippen LogP contribution in [0.4, 0.5) is 5.95 Å². The summed E-state index contributed by atoms with van der Waals surface area (Å²) in [5.74, 6) is 1.55. The molecule has 1 fully saturated rings. The fraction of sp³-hybridized carbons (Fsp3) is 0.524. The molecular weight excluding hydrogens is 340 g/mol. The topological polar surface area (TPSA) is 41.0 Å². The highest BCUT2D eigenvalue weighted by atomic mass is 32.2. The standard InChI is InChI=1S/C21H28N4S/c1-25-13-11-16(12-14-25)15-22-21-23-19-10-6-5-9-18(19)20(24-21)26-17-7-3-2-4-8-17/h2-4,7-8,16H,5-6,9-15H2,1H3,(H,22,23,24). The van der Waals surface area contributed by atoms with Crippen molar-refractivity contribution >= 4 is 17.7 Å². The summed E-state index contributed by atoms with van der Waals surface area (Å²) >= 11 is 1.78. The molecule has 2 heterocycles. The molecule has 1 aliphatic carbocycles. The van der Waals surface area contributed by atoms with Gasteiger partial charge in [0.15, 0.2) is 0 Å². The Kier molecular flexibility index (Phi) is 5.75. The van der Waals surface area contributed by atoms with Gasteiger partial charge in [0.2, 0.25) is 5.95 Å². The molecule has 4 rings (SSSR count). The summed E-state index contributed by atoms with van der Waals surface area (Å²) in [5.41, 5.74) is 2.63. The molecule has 0 amide bonds. The highest BCUT2D eigenvalue weighted by Crippen LogP contribution is 2.34. The van der Waals surface area contributed by atoms with E-state index in [1.807, 2.05) is 0 Å². The minimum Gasteiger partial charge on any atom is -0.354 e. The van der Waals surface area contributed by atoms with Gasteiger partial charge in [-0.25, -0.2) is 9.97 Å².